The van der Waals surface area contributed by atoms with Gasteiger partial charge in [-0.1, -0.05) is 5.21 Å². The molecule has 9 nitrogen and oxygen atoms in total. The Hall–Kier alpha value is -2.29. The van der Waals surface area contributed by atoms with Crippen molar-refractivity contribution in [3.8, 4) is 0 Å². The van der Waals surface area contributed by atoms with E-state index < -0.39 is 0 Å². The Labute approximate surface area is 133 Å². The number of anilines is 1. The molecule has 9 heteroatoms. The first kappa shape index (κ1) is 14.3. The molecule has 0 aliphatic carbocycles. The zero-order chi connectivity index (χ0) is 15.8. The molecule has 23 heavy (non-hydrogen) atoms. The minimum absolute atomic E-state index is 0.0272. The Morgan fingerprint density at radius 3 is 2.83 bits per heavy atom. The highest BCUT2D eigenvalue weighted by molar-refractivity contribution is 5.86. The summed E-state index contributed by atoms with van der Waals surface area (Å²) < 4.78 is 7.04. The standard InChI is InChI=1S/C14H19N7O2/c1-2-21-13-11(17-18-21)12(15-9-16-13)20-7-10(8-20)14(22)19-3-5-23-6-4-19/h9-10H,2-8H2,1H3. The highest BCUT2D eigenvalue weighted by atomic mass is 16.5. The van der Waals surface area contributed by atoms with Gasteiger partial charge in [-0.2, -0.15) is 0 Å². The molecule has 122 valence electrons. The van der Waals surface area contributed by atoms with E-state index in [4.69, 9.17) is 4.74 Å². The second-order valence-electron chi connectivity index (χ2n) is 5.81. The number of carbonyl (C=O) groups is 1. The number of morpholine rings is 1. The lowest BCUT2D eigenvalue weighted by molar-refractivity contribution is -0.140. The van der Waals surface area contributed by atoms with Gasteiger partial charge in [0.05, 0.1) is 19.1 Å². The van der Waals surface area contributed by atoms with E-state index in [-0.39, 0.29) is 11.8 Å². The van der Waals surface area contributed by atoms with Crippen LogP contribution in [0.3, 0.4) is 0 Å². The number of ether oxygens (including phenoxy) is 1. The smallest absolute Gasteiger partial charge is 0.229 e. The third-order valence-corrected chi connectivity index (χ3v) is 4.43. The maximum Gasteiger partial charge on any atom is 0.229 e. The van der Waals surface area contributed by atoms with Crippen molar-refractivity contribution in [3.63, 3.8) is 0 Å². The minimum atomic E-state index is 0.0272. The Kier molecular flexibility index (Phi) is 3.56. The summed E-state index contributed by atoms with van der Waals surface area (Å²) in [6.45, 7) is 6.70. The summed E-state index contributed by atoms with van der Waals surface area (Å²) in [4.78, 5) is 25.0. The molecular weight excluding hydrogens is 298 g/mol. The van der Waals surface area contributed by atoms with Gasteiger partial charge in [0.2, 0.25) is 5.91 Å². The molecule has 2 aromatic rings. The van der Waals surface area contributed by atoms with E-state index in [0.29, 0.717) is 51.5 Å². The van der Waals surface area contributed by atoms with Gasteiger partial charge in [-0.3, -0.25) is 4.79 Å². The predicted molar refractivity (Wildman–Crippen MR) is 81.9 cm³/mol. The summed E-state index contributed by atoms with van der Waals surface area (Å²) in [5, 5.41) is 8.28. The van der Waals surface area contributed by atoms with Gasteiger partial charge in [-0.15, -0.1) is 5.10 Å². The second kappa shape index (κ2) is 5.73. The summed E-state index contributed by atoms with van der Waals surface area (Å²) in [6, 6.07) is 0. The van der Waals surface area contributed by atoms with Gasteiger partial charge in [0.15, 0.2) is 17.0 Å². The molecule has 0 bridgehead atoms. The van der Waals surface area contributed by atoms with Crippen molar-refractivity contribution in [2.24, 2.45) is 5.92 Å². The highest BCUT2D eigenvalue weighted by Crippen LogP contribution is 2.28. The molecule has 0 saturated carbocycles. The van der Waals surface area contributed by atoms with Gasteiger partial charge in [0.25, 0.3) is 0 Å². The molecule has 0 unspecified atom stereocenters. The van der Waals surface area contributed by atoms with Crippen LogP contribution in [-0.4, -0.2) is 75.2 Å². The largest absolute Gasteiger partial charge is 0.378 e. The van der Waals surface area contributed by atoms with Crippen molar-refractivity contribution in [1.82, 2.24) is 29.9 Å². The van der Waals surface area contributed by atoms with E-state index in [1.54, 1.807) is 4.68 Å². The maximum atomic E-state index is 12.5. The summed E-state index contributed by atoms with van der Waals surface area (Å²) in [5.41, 5.74) is 1.44. The third-order valence-electron chi connectivity index (χ3n) is 4.43. The molecule has 0 spiro atoms. The zero-order valence-electron chi connectivity index (χ0n) is 13.1. The molecule has 4 heterocycles. The lowest BCUT2D eigenvalue weighted by atomic mass is 9.98. The number of hydrogen-bond donors (Lipinski definition) is 0. The van der Waals surface area contributed by atoms with E-state index >= 15 is 0 Å². The molecule has 2 fully saturated rings. The third kappa shape index (κ3) is 2.40. The van der Waals surface area contributed by atoms with Crippen molar-refractivity contribution in [3.05, 3.63) is 6.33 Å². The SMILES string of the molecule is CCn1nnc2c(N3CC(C(=O)N4CCOCC4)C3)ncnc21. The topological polar surface area (TPSA) is 89.3 Å². The first-order chi connectivity index (χ1) is 11.3. The molecule has 0 N–H and O–H groups in total. The first-order valence-electron chi connectivity index (χ1n) is 7.93. The van der Waals surface area contributed by atoms with Crippen molar-refractivity contribution in [1.29, 1.82) is 0 Å². The van der Waals surface area contributed by atoms with E-state index in [1.165, 1.54) is 6.33 Å². The number of hydrogen-bond acceptors (Lipinski definition) is 7. The lowest BCUT2D eigenvalue weighted by Crippen LogP contribution is -2.56. The predicted octanol–water partition coefficient (Wildman–Crippen LogP) is -0.464. The van der Waals surface area contributed by atoms with Crippen molar-refractivity contribution >= 4 is 22.9 Å². The van der Waals surface area contributed by atoms with E-state index in [0.717, 1.165) is 11.5 Å². The average Bonchev–Trinajstić information content (AvgIpc) is 2.98. The number of fused-ring (bicyclic) bond motifs is 1. The normalized spacial score (nSPS) is 19.2. The van der Waals surface area contributed by atoms with Crippen LogP contribution >= 0.6 is 0 Å². The number of aromatic nitrogens is 5. The van der Waals surface area contributed by atoms with E-state index in [1.807, 2.05) is 11.8 Å². The zero-order valence-corrected chi connectivity index (χ0v) is 13.1. The van der Waals surface area contributed by atoms with Crippen LogP contribution in [0.4, 0.5) is 5.82 Å². The molecule has 0 atom stereocenters. The van der Waals surface area contributed by atoms with Crippen LogP contribution in [0, 0.1) is 5.92 Å². The molecule has 0 radical (unpaired) electrons. The number of nitrogens with zero attached hydrogens (tertiary/aromatic N) is 7. The van der Waals surface area contributed by atoms with Gasteiger partial charge in [0.1, 0.15) is 6.33 Å². The summed E-state index contributed by atoms with van der Waals surface area (Å²) >= 11 is 0. The van der Waals surface area contributed by atoms with Crippen LogP contribution in [0.25, 0.3) is 11.2 Å². The van der Waals surface area contributed by atoms with Gasteiger partial charge in [0, 0.05) is 32.7 Å². The molecule has 4 rings (SSSR count). The Morgan fingerprint density at radius 2 is 2.09 bits per heavy atom. The van der Waals surface area contributed by atoms with Crippen LogP contribution < -0.4 is 4.90 Å². The van der Waals surface area contributed by atoms with Crippen LogP contribution in [0.15, 0.2) is 6.33 Å². The first-order valence-corrected chi connectivity index (χ1v) is 7.93. The molecule has 2 aliphatic rings. The average molecular weight is 317 g/mol. The fourth-order valence-corrected chi connectivity index (χ4v) is 3.07. The summed E-state index contributed by atoms with van der Waals surface area (Å²) in [5.74, 6) is 1.01. The number of carbonyl (C=O) groups excluding carboxylic acids is 1. The fourth-order valence-electron chi connectivity index (χ4n) is 3.07. The lowest BCUT2D eigenvalue weighted by Gasteiger charge is -2.41. The van der Waals surface area contributed by atoms with Gasteiger partial charge in [-0.05, 0) is 6.92 Å². The fraction of sp³-hybridized carbons (Fsp3) is 0.643. The van der Waals surface area contributed by atoms with Crippen molar-refractivity contribution in [2.45, 2.75) is 13.5 Å². The number of amides is 1. The quantitative estimate of drug-likeness (QED) is 0.756. The van der Waals surface area contributed by atoms with Crippen LogP contribution in [0.1, 0.15) is 6.92 Å². The monoisotopic (exact) mass is 317 g/mol. The molecule has 2 aliphatic heterocycles. The van der Waals surface area contributed by atoms with Crippen LogP contribution in [0.5, 0.6) is 0 Å². The molecule has 1 amide bonds. The Bertz CT molecular complexity index is 719. The summed E-state index contributed by atoms with van der Waals surface area (Å²) in [6.07, 6.45) is 1.53. The Morgan fingerprint density at radius 1 is 1.30 bits per heavy atom. The highest BCUT2D eigenvalue weighted by Gasteiger charge is 2.37. The maximum absolute atomic E-state index is 12.5. The number of aryl methyl sites for hydroxylation is 1. The van der Waals surface area contributed by atoms with E-state index in [2.05, 4.69) is 25.2 Å². The van der Waals surface area contributed by atoms with Crippen LogP contribution in [0.2, 0.25) is 0 Å². The van der Waals surface area contributed by atoms with Gasteiger partial charge >= 0.3 is 0 Å². The van der Waals surface area contributed by atoms with E-state index in [9.17, 15) is 4.79 Å². The van der Waals surface area contributed by atoms with Gasteiger partial charge in [-0.25, -0.2) is 14.6 Å². The second-order valence-corrected chi connectivity index (χ2v) is 5.81. The molecule has 2 saturated heterocycles. The molecule has 0 aromatic carbocycles. The van der Waals surface area contributed by atoms with Crippen molar-refractivity contribution < 1.29 is 9.53 Å². The Balaban J connectivity index is 1.47. The summed E-state index contributed by atoms with van der Waals surface area (Å²) in [7, 11) is 0. The van der Waals surface area contributed by atoms with Crippen molar-refractivity contribution in [2.75, 3.05) is 44.3 Å². The minimum Gasteiger partial charge on any atom is -0.378 e. The molecular formula is C14H19N7O2. The molecule has 2 aromatic heterocycles. The van der Waals surface area contributed by atoms with Crippen LogP contribution in [-0.2, 0) is 16.1 Å². The number of rotatable bonds is 3. The van der Waals surface area contributed by atoms with Gasteiger partial charge < -0.3 is 14.5 Å².